The van der Waals surface area contributed by atoms with Gasteiger partial charge in [0.15, 0.2) is 0 Å². The van der Waals surface area contributed by atoms with Crippen molar-refractivity contribution in [3.63, 3.8) is 0 Å². The Bertz CT molecular complexity index is 725. The second-order valence-electron chi connectivity index (χ2n) is 4.25. The number of thiophene rings is 1. The molecule has 2 aromatic heterocycles. The lowest BCUT2D eigenvalue weighted by atomic mass is 10.3. The average molecular weight is 327 g/mol. The molecule has 112 valence electrons. The molecule has 7 nitrogen and oxygen atoms in total. The standard InChI is InChI=1S/C12H13N3O4S2/c1-6(16)13-8(12(18)19)4-20-5-9-14-7-2-3-21-10(7)11(17)15-9/h2-3,8H,4-5H2,1H3,(H,13,16)(H,18,19)(H,14,15,17). The number of aromatic nitrogens is 2. The number of hydrogen-bond donors (Lipinski definition) is 3. The van der Waals surface area contributed by atoms with Gasteiger partial charge >= 0.3 is 5.97 Å². The number of carbonyl (C=O) groups is 2. The van der Waals surface area contributed by atoms with E-state index in [9.17, 15) is 14.4 Å². The minimum Gasteiger partial charge on any atom is -0.480 e. The largest absolute Gasteiger partial charge is 0.480 e. The molecule has 1 atom stereocenters. The number of carbonyl (C=O) groups excluding carboxylic acids is 1. The molecule has 0 aliphatic carbocycles. The summed E-state index contributed by atoms with van der Waals surface area (Å²) in [5, 5.41) is 13.1. The number of aliphatic carboxylic acids is 1. The van der Waals surface area contributed by atoms with E-state index in [1.54, 1.807) is 11.4 Å². The molecule has 2 aromatic rings. The average Bonchev–Trinajstić information content (AvgIpc) is 2.85. The molecule has 0 saturated carbocycles. The van der Waals surface area contributed by atoms with E-state index in [4.69, 9.17) is 5.11 Å². The summed E-state index contributed by atoms with van der Waals surface area (Å²) < 4.78 is 0.574. The first-order valence-electron chi connectivity index (χ1n) is 6.01. The second-order valence-corrected chi connectivity index (χ2v) is 6.20. The van der Waals surface area contributed by atoms with Crippen LogP contribution in [-0.2, 0) is 15.3 Å². The highest BCUT2D eigenvalue weighted by molar-refractivity contribution is 7.98. The van der Waals surface area contributed by atoms with Gasteiger partial charge in [-0.1, -0.05) is 0 Å². The summed E-state index contributed by atoms with van der Waals surface area (Å²) >= 11 is 2.60. The molecule has 1 unspecified atom stereocenters. The molecule has 0 aromatic carbocycles. The van der Waals surface area contributed by atoms with Crippen molar-refractivity contribution in [3.05, 3.63) is 27.6 Å². The lowest BCUT2D eigenvalue weighted by molar-refractivity contribution is -0.140. The number of rotatable bonds is 6. The minimum absolute atomic E-state index is 0.192. The van der Waals surface area contributed by atoms with Crippen LogP contribution in [0.5, 0.6) is 0 Å². The number of fused-ring (bicyclic) bond motifs is 1. The van der Waals surface area contributed by atoms with E-state index in [0.717, 1.165) is 0 Å². The molecule has 1 amide bonds. The van der Waals surface area contributed by atoms with Gasteiger partial charge in [-0.3, -0.25) is 9.59 Å². The Morgan fingerprint density at radius 3 is 3.00 bits per heavy atom. The maximum atomic E-state index is 11.8. The first-order chi connectivity index (χ1) is 9.97. The molecule has 2 rings (SSSR count). The molecule has 0 saturated heterocycles. The monoisotopic (exact) mass is 327 g/mol. The summed E-state index contributed by atoms with van der Waals surface area (Å²) in [5.74, 6) is -0.436. The van der Waals surface area contributed by atoms with Crippen molar-refractivity contribution < 1.29 is 14.7 Å². The number of carboxylic acid groups (broad SMARTS) is 1. The van der Waals surface area contributed by atoms with Crippen LogP contribution in [0.2, 0.25) is 0 Å². The van der Waals surface area contributed by atoms with Gasteiger partial charge in [0.2, 0.25) is 5.91 Å². The van der Waals surface area contributed by atoms with E-state index in [0.29, 0.717) is 21.8 Å². The molecule has 3 N–H and O–H groups in total. The van der Waals surface area contributed by atoms with Crippen LogP contribution in [-0.4, -0.2) is 38.7 Å². The van der Waals surface area contributed by atoms with E-state index >= 15 is 0 Å². The number of nitrogens with zero attached hydrogens (tertiary/aromatic N) is 1. The van der Waals surface area contributed by atoms with Crippen molar-refractivity contribution >= 4 is 45.2 Å². The summed E-state index contributed by atoms with van der Waals surface area (Å²) in [6.45, 7) is 1.27. The van der Waals surface area contributed by atoms with E-state index in [2.05, 4.69) is 15.3 Å². The highest BCUT2D eigenvalue weighted by Gasteiger charge is 2.18. The maximum absolute atomic E-state index is 11.8. The van der Waals surface area contributed by atoms with Gasteiger partial charge < -0.3 is 15.4 Å². The molecule has 0 aliphatic rings. The highest BCUT2D eigenvalue weighted by atomic mass is 32.2. The van der Waals surface area contributed by atoms with Crippen molar-refractivity contribution in [1.29, 1.82) is 0 Å². The third kappa shape index (κ3) is 4.05. The molecule has 2 heterocycles. The SMILES string of the molecule is CC(=O)NC(CSCc1nc2ccsc2c(=O)[nH]1)C(=O)O. The van der Waals surface area contributed by atoms with E-state index in [1.165, 1.54) is 30.0 Å². The quantitative estimate of drug-likeness (QED) is 0.724. The molecule has 9 heteroatoms. The first kappa shape index (κ1) is 15.5. The van der Waals surface area contributed by atoms with Crippen molar-refractivity contribution in [2.75, 3.05) is 5.75 Å². The fourth-order valence-electron chi connectivity index (χ4n) is 1.68. The van der Waals surface area contributed by atoms with Crippen LogP contribution in [0.1, 0.15) is 12.7 Å². The summed E-state index contributed by atoms with van der Waals surface area (Å²) in [4.78, 5) is 40.6. The predicted octanol–water partition coefficient (Wildman–Crippen LogP) is 0.807. The fraction of sp³-hybridized carbons (Fsp3) is 0.333. The number of thioether (sulfide) groups is 1. The highest BCUT2D eigenvalue weighted by Crippen LogP contribution is 2.16. The van der Waals surface area contributed by atoms with Crippen LogP contribution < -0.4 is 10.9 Å². The van der Waals surface area contributed by atoms with Gasteiger partial charge in [-0.25, -0.2) is 9.78 Å². The normalized spacial score (nSPS) is 12.2. The Balaban J connectivity index is 1.99. The summed E-state index contributed by atoms with van der Waals surface area (Å²) in [5.41, 5.74) is 0.443. The Hall–Kier alpha value is -1.87. The third-order valence-electron chi connectivity index (χ3n) is 2.56. The number of hydrogen-bond acceptors (Lipinski definition) is 6. The molecule has 21 heavy (non-hydrogen) atoms. The van der Waals surface area contributed by atoms with Gasteiger partial charge in [-0.2, -0.15) is 11.8 Å². The Kier molecular flexibility index (Phi) is 4.97. The zero-order valence-electron chi connectivity index (χ0n) is 11.1. The van der Waals surface area contributed by atoms with Gasteiger partial charge in [0, 0.05) is 12.7 Å². The van der Waals surface area contributed by atoms with Crippen molar-refractivity contribution in [2.24, 2.45) is 0 Å². The summed E-state index contributed by atoms with van der Waals surface area (Å²) in [7, 11) is 0. The van der Waals surface area contributed by atoms with Crippen molar-refractivity contribution in [3.8, 4) is 0 Å². The first-order valence-corrected chi connectivity index (χ1v) is 8.05. The topological polar surface area (TPSA) is 112 Å². The van der Waals surface area contributed by atoms with Crippen LogP contribution >= 0.6 is 23.1 Å². The second kappa shape index (κ2) is 6.72. The summed E-state index contributed by atoms with van der Waals surface area (Å²) in [6, 6.07) is 0.810. The zero-order chi connectivity index (χ0) is 15.4. The predicted molar refractivity (Wildman–Crippen MR) is 81.6 cm³/mol. The van der Waals surface area contributed by atoms with Gasteiger partial charge in [-0.15, -0.1) is 11.3 Å². The van der Waals surface area contributed by atoms with Crippen LogP contribution in [0.4, 0.5) is 0 Å². The van der Waals surface area contributed by atoms with Crippen LogP contribution in [0.3, 0.4) is 0 Å². The van der Waals surface area contributed by atoms with Gasteiger partial charge in [0.1, 0.15) is 16.6 Å². The maximum Gasteiger partial charge on any atom is 0.327 e. The lowest BCUT2D eigenvalue weighted by Crippen LogP contribution is -2.41. The Labute approximate surface area is 127 Å². The Morgan fingerprint density at radius 1 is 1.57 bits per heavy atom. The van der Waals surface area contributed by atoms with E-state index < -0.39 is 17.9 Å². The molecule has 0 aliphatic heterocycles. The van der Waals surface area contributed by atoms with Crippen LogP contribution in [0.15, 0.2) is 16.2 Å². The molecule has 0 radical (unpaired) electrons. The third-order valence-corrected chi connectivity index (χ3v) is 4.51. The smallest absolute Gasteiger partial charge is 0.327 e. The van der Waals surface area contributed by atoms with Crippen LogP contribution in [0, 0.1) is 0 Å². The lowest BCUT2D eigenvalue weighted by Gasteiger charge is -2.12. The van der Waals surface area contributed by atoms with Gasteiger partial charge in [-0.05, 0) is 11.4 Å². The molecular formula is C12H13N3O4S2. The number of nitrogens with one attached hydrogen (secondary N) is 2. The molecule has 0 fully saturated rings. The zero-order valence-corrected chi connectivity index (χ0v) is 12.7. The summed E-state index contributed by atoms with van der Waals surface area (Å²) in [6.07, 6.45) is 0. The number of aromatic amines is 1. The minimum atomic E-state index is -1.09. The fourth-order valence-corrected chi connectivity index (χ4v) is 3.32. The van der Waals surface area contributed by atoms with E-state index in [1.807, 2.05) is 0 Å². The van der Waals surface area contributed by atoms with Crippen molar-refractivity contribution in [2.45, 2.75) is 18.7 Å². The van der Waals surface area contributed by atoms with Gasteiger partial charge in [0.05, 0.1) is 11.3 Å². The van der Waals surface area contributed by atoms with E-state index in [-0.39, 0.29) is 11.3 Å². The van der Waals surface area contributed by atoms with Crippen molar-refractivity contribution in [1.82, 2.24) is 15.3 Å². The van der Waals surface area contributed by atoms with Crippen LogP contribution in [0.25, 0.3) is 10.2 Å². The Morgan fingerprint density at radius 2 is 2.33 bits per heavy atom. The number of carboxylic acids is 1. The van der Waals surface area contributed by atoms with Gasteiger partial charge in [0.25, 0.3) is 5.56 Å². The number of amides is 1. The molecule has 0 bridgehead atoms. The number of H-pyrrole nitrogens is 1. The molecule has 0 spiro atoms. The molecular weight excluding hydrogens is 314 g/mol.